The van der Waals surface area contributed by atoms with Gasteiger partial charge in [-0.05, 0) is 56.0 Å². The standard InChI is InChI=1S/C15H22BrNS/c1-15(2)9-8-13(17-3)14(10-15)18-12-6-4-11(16)5-7-12/h4-7,13-14,17H,8-10H2,1-3H3. The van der Waals surface area contributed by atoms with Gasteiger partial charge in [-0.2, -0.15) is 0 Å². The Balaban J connectivity index is 2.07. The smallest absolute Gasteiger partial charge is 0.0253 e. The van der Waals surface area contributed by atoms with Crippen LogP contribution in [0.5, 0.6) is 0 Å². The Bertz CT molecular complexity index is 388. The lowest BCUT2D eigenvalue weighted by atomic mass is 9.75. The minimum absolute atomic E-state index is 0.486. The van der Waals surface area contributed by atoms with Crippen LogP contribution >= 0.6 is 27.7 Å². The maximum Gasteiger partial charge on any atom is 0.0253 e. The van der Waals surface area contributed by atoms with E-state index in [1.54, 1.807) is 0 Å². The van der Waals surface area contributed by atoms with Gasteiger partial charge < -0.3 is 5.32 Å². The predicted molar refractivity (Wildman–Crippen MR) is 84.3 cm³/mol. The van der Waals surface area contributed by atoms with Crippen molar-refractivity contribution in [2.24, 2.45) is 5.41 Å². The predicted octanol–water partition coefficient (Wildman–Crippen LogP) is 4.71. The van der Waals surface area contributed by atoms with Crippen LogP contribution in [-0.2, 0) is 0 Å². The van der Waals surface area contributed by atoms with Crippen molar-refractivity contribution < 1.29 is 0 Å². The second kappa shape index (κ2) is 5.98. The summed E-state index contributed by atoms with van der Waals surface area (Å²) >= 11 is 5.52. The van der Waals surface area contributed by atoms with Gasteiger partial charge in [-0.15, -0.1) is 11.8 Å². The van der Waals surface area contributed by atoms with Crippen LogP contribution in [-0.4, -0.2) is 18.3 Å². The van der Waals surface area contributed by atoms with Gasteiger partial charge in [0.1, 0.15) is 0 Å². The highest BCUT2D eigenvalue weighted by atomic mass is 79.9. The van der Waals surface area contributed by atoms with Gasteiger partial charge in [0.2, 0.25) is 0 Å². The number of hydrogen-bond donors (Lipinski definition) is 1. The van der Waals surface area contributed by atoms with E-state index in [-0.39, 0.29) is 0 Å². The highest BCUT2D eigenvalue weighted by Gasteiger charge is 2.34. The zero-order valence-electron chi connectivity index (χ0n) is 11.4. The molecule has 1 fully saturated rings. The molecule has 1 nitrogen and oxygen atoms in total. The third kappa shape index (κ3) is 3.75. The molecule has 1 aromatic carbocycles. The summed E-state index contributed by atoms with van der Waals surface area (Å²) < 4.78 is 1.15. The summed E-state index contributed by atoms with van der Waals surface area (Å²) in [7, 11) is 2.10. The fraction of sp³-hybridized carbons (Fsp3) is 0.600. The molecule has 0 radical (unpaired) electrons. The van der Waals surface area contributed by atoms with Gasteiger partial charge in [0.15, 0.2) is 0 Å². The Morgan fingerprint density at radius 1 is 1.28 bits per heavy atom. The van der Waals surface area contributed by atoms with Crippen molar-refractivity contribution in [2.75, 3.05) is 7.05 Å². The molecule has 2 rings (SSSR count). The first kappa shape index (κ1) is 14.4. The normalized spacial score (nSPS) is 27.1. The number of hydrogen-bond acceptors (Lipinski definition) is 2. The quantitative estimate of drug-likeness (QED) is 0.862. The Labute approximate surface area is 123 Å². The Kier molecular flexibility index (Phi) is 4.79. The number of halogens is 1. The van der Waals surface area contributed by atoms with Crippen molar-refractivity contribution in [3.63, 3.8) is 0 Å². The van der Waals surface area contributed by atoms with Crippen molar-refractivity contribution in [3.05, 3.63) is 28.7 Å². The van der Waals surface area contributed by atoms with E-state index in [1.807, 2.05) is 11.8 Å². The third-order valence-electron chi connectivity index (χ3n) is 3.81. The molecule has 3 heteroatoms. The first-order valence-corrected chi connectivity index (χ1v) is 8.27. The highest BCUT2D eigenvalue weighted by Crippen LogP contribution is 2.42. The van der Waals surface area contributed by atoms with E-state index >= 15 is 0 Å². The first-order valence-electron chi connectivity index (χ1n) is 6.60. The van der Waals surface area contributed by atoms with Gasteiger partial charge in [0, 0.05) is 20.7 Å². The molecule has 1 saturated carbocycles. The summed E-state index contributed by atoms with van der Waals surface area (Å²) in [5, 5.41) is 4.17. The van der Waals surface area contributed by atoms with Gasteiger partial charge in [-0.25, -0.2) is 0 Å². The van der Waals surface area contributed by atoms with Crippen LogP contribution < -0.4 is 5.32 Å². The highest BCUT2D eigenvalue weighted by molar-refractivity contribution is 9.10. The number of benzene rings is 1. The zero-order chi connectivity index (χ0) is 13.2. The largest absolute Gasteiger partial charge is 0.316 e. The maximum atomic E-state index is 3.49. The first-order chi connectivity index (χ1) is 8.50. The molecule has 1 aliphatic rings. The van der Waals surface area contributed by atoms with Crippen LogP contribution in [0.25, 0.3) is 0 Å². The lowest BCUT2D eigenvalue weighted by molar-refractivity contribution is 0.218. The molecule has 0 spiro atoms. The topological polar surface area (TPSA) is 12.0 Å². The van der Waals surface area contributed by atoms with Gasteiger partial charge in [-0.1, -0.05) is 29.8 Å². The Morgan fingerprint density at radius 3 is 2.56 bits per heavy atom. The fourth-order valence-electron chi connectivity index (χ4n) is 2.66. The average molecular weight is 328 g/mol. The van der Waals surface area contributed by atoms with Crippen molar-refractivity contribution in [2.45, 2.75) is 49.3 Å². The van der Waals surface area contributed by atoms with Crippen LogP contribution in [0.1, 0.15) is 33.1 Å². The lowest BCUT2D eigenvalue weighted by Crippen LogP contribution is -2.43. The van der Waals surface area contributed by atoms with E-state index in [0.29, 0.717) is 16.7 Å². The van der Waals surface area contributed by atoms with Crippen molar-refractivity contribution in [1.82, 2.24) is 5.32 Å². The van der Waals surface area contributed by atoms with Crippen LogP contribution in [0.15, 0.2) is 33.6 Å². The SMILES string of the molecule is CNC1CCC(C)(C)CC1Sc1ccc(Br)cc1. The molecule has 18 heavy (non-hydrogen) atoms. The number of nitrogens with one attached hydrogen (secondary N) is 1. The van der Waals surface area contributed by atoms with Crippen molar-refractivity contribution in [1.29, 1.82) is 0 Å². The van der Waals surface area contributed by atoms with Crippen molar-refractivity contribution >= 4 is 27.7 Å². The zero-order valence-corrected chi connectivity index (χ0v) is 13.8. The minimum Gasteiger partial charge on any atom is -0.316 e. The molecular formula is C15H22BrNS. The van der Waals surface area contributed by atoms with E-state index in [4.69, 9.17) is 0 Å². The summed E-state index contributed by atoms with van der Waals surface area (Å²) in [6.07, 6.45) is 3.91. The van der Waals surface area contributed by atoms with Crippen LogP contribution in [0, 0.1) is 5.41 Å². The van der Waals surface area contributed by atoms with E-state index in [9.17, 15) is 0 Å². The monoisotopic (exact) mass is 327 g/mol. The summed E-state index contributed by atoms with van der Waals surface area (Å²) in [6.45, 7) is 4.79. The molecule has 0 aromatic heterocycles. The molecule has 1 N–H and O–H groups in total. The molecule has 0 amide bonds. The van der Waals surface area contributed by atoms with Crippen LogP contribution in [0.3, 0.4) is 0 Å². The van der Waals surface area contributed by atoms with E-state index in [0.717, 1.165) is 4.47 Å². The van der Waals surface area contributed by atoms with Gasteiger partial charge >= 0.3 is 0 Å². The molecule has 0 aliphatic heterocycles. The molecule has 1 aromatic rings. The molecular weight excluding hydrogens is 306 g/mol. The van der Waals surface area contributed by atoms with Crippen molar-refractivity contribution in [3.8, 4) is 0 Å². The minimum atomic E-state index is 0.486. The lowest BCUT2D eigenvalue weighted by Gasteiger charge is -2.40. The third-order valence-corrected chi connectivity index (χ3v) is 5.68. The summed E-state index contributed by atoms with van der Waals surface area (Å²) in [6, 6.07) is 9.33. The number of rotatable bonds is 3. The van der Waals surface area contributed by atoms with Gasteiger partial charge in [0.25, 0.3) is 0 Å². The average Bonchev–Trinajstić information content (AvgIpc) is 2.31. The Morgan fingerprint density at radius 2 is 1.94 bits per heavy atom. The second-order valence-corrected chi connectivity index (χ2v) is 8.14. The van der Waals surface area contributed by atoms with Gasteiger partial charge in [-0.3, -0.25) is 0 Å². The molecule has 100 valence electrons. The number of thioether (sulfide) groups is 1. The molecule has 0 saturated heterocycles. The molecule has 2 unspecified atom stereocenters. The van der Waals surface area contributed by atoms with E-state index in [1.165, 1.54) is 24.2 Å². The molecule has 2 atom stereocenters. The van der Waals surface area contributed by atoms with E-state index in [2.05, 4.69) is 66.4 Å². The molecule has 0 heterocycles. The maximum absolute atomic E-state index is 3.49. The summed E-state index contributed by atoms with van der Waals surface area (Å²) in [5.74, 6) is 0. The fourth-order valence-corrected chi connectivity index (χ4v) is 4.54. The summed E-state index contributed by atoms with van der Waals surface area (Å²) in [5.41, 5.74) is 0.486. The van der Waals surface area contributed by atoms with Crippen LogP contribution in [0.2, 0.25) is 0 Å². The molecule has 0 bridgehead atoms. The van der Waals surface area contributed by atoms with Gasteiger partial charge in [0.05, 0.1) is 0 Å². The summed E-state index contributed by atoms with van der Waals surface area (Å²) in [4.78, 5) is 1.38. The molecule has 1 aliphatic carbocycles. The Hall–Kier alpha value is 0.01000. The van der Waals surface area contributed by atoms with Crippen LogP contribution in [0.4, 0.5) is 0 Å². The second-order valence-electron chi connectivity index (χ2n) is 5.91. The van der Waals surface area contributed by atoms with E-state index < -0.39 is 0 Å².